The highest BCUT2D eigenvalue weighted by atomic mass is 16.5. The standard InChI is InChI=1S/C20H23N3O2/c1-13-5-6-15(18(24)11-13)19-14-8-10-21-12-16(14)17(22-23-19)7-9-20(2,3)25-4/h5-6,8,10-12,24H,7,9H2,1-4H3. The van der Waals surface area contributed by atoms with Crippen molar-refractivity contribution in [2.75, 3.05) is 7.11 Å². The molecule has 130 valence electrons. The van der Waals surface area contributed by atoms with Crippen molar-refractivity contribution >= 4 is 10.8 Å². The van der Waals surface area contributed by atoms with E-state index in [1.165, 1.54) is 0 Å². The van der Waals surface area contributed by atoms with Crippen LogP contribution < -0.4 is 0 Å². The van der Waals surface area contributed by atoms with Crippen LogP contribution in [0.1, 0.15) is 31.5 Å². The number of nitrogens with zero attached hydrogens (tertiary/aromatic N) is 3. The second-order valence-corrected chi connectivity index (χ2v) is 6.90. The number of rotatable bonds is 5. The van der Waals surface area contributed by atoms with Crippen LogP contribution in [0.3, 0.4) is 0 Å². The number of aryl methyl sites for hydroxylation is 2. The molecular formula is C20H23N3O2. The lowest BCUT2D eigenvalue weighted by Crippen LogP contribution is -2.23. The molecule has 5 nitrogen and oxygen atoms in total. The highest BCUT2D eigenvalue weighted by molar-refractivity contribution is 5.96. The van der Waals surface area contributed by atoms with Crippen molar-refractivity contribution in [2.24, 2.45) is 0 Å². The number of benzene rings is 1. The summed E-state index contributed by atoms with van der Waals surface area (Å²) < 4.78 is 5.49. The van der Waals surface area contributed by atoms with Gasteiger partial charge in [-0.25, -0.2) is 0 Å². The minimum atomic E-state index is -0.218. The van der Waals surface area contributed by atoms with Gasteiger partial charge in [0.05, 0.1) is 11.3 Å². The van der Waals surface area contributed by atoms with Gasteiger partial charge >= 0.3 is 0 Å². The number of pyridine rings is 1. The quantitative estimate of drug-likeness (QED) is 0.760. The van der Waals surface area contributed by atoms with Crippen molar-refractivity contribution in [3.05, 3.63) is 47.9 Å². The highest BCUT2D eigenvalue weighted by Gasteiger charge is 2.19. The Morgan fingerprint density at radius 1 is 1.12 bits per heavy atom. The van der Waals surface area contributed by atoms with Gasteiger partial charge in [0.25, 0.3) is 0 Å². The molecule has 1 N–H and O–H groups in total. The molecule has 25 heavy (non-hydrogen) atoms. The minimum absolute atomic E-state index is 0.209. The van der Waals surface area contributed by atoms with Crippen LogP contribution in [0.15, 0.2) is 36.7 Å². The molecule has 0 saturated heterocycles. The number of ether oxygens (including phenoxy) is 1. The summed E-state index contributed by atoms with van der Waals surface area (Å²) in [6.07, 6.45) is 5.13. The summed E-state index contributed by atoms with van der Waals surface area (Å²) in [7, 11) is 1.72. The average Bonchev–Trinajstić information content (AvgIpc) is 2.60. The summed E-state index contributed by atoms with van der Waals surface area (Å²) in [5.41, 5.74) is 3.02. The Morgan fingerprint density at radius 3 is 2.64 bits per heavy atom. The molecule has 0 fully saturated rings. The molecule has 0 bridgehead atoms. The Balaban J connectivity index is 2.07. The molecule has 0 aliphatic carbocycles. The topological polar surface area (TPSA) is 68.1 Å². The Morgan fingerprint density at radius 2 is 1.92 bits per heavy atom. The third-order valence-electron chi connectivity index (χ3n) is 4.58. The fourth-order valence-corrected chi connectivity index (χ4v) is 2.80. The smallest absolute Gasteiger partial charge is 0.125 e. The van der Waals surface area contributed by atoms with Crippen molar-refractivity contribution in [3.63, 3.8) is 0 Å². The number of aromatic hydroxyl groups is 1. The van der Waals surface area contributed by atoms with Gasteiger partial charge in [-0.3, -0.25) is 4.98 Å². The van der Waals surface area contributed by atoms with Gasteiger partial charge < -0.3 is 9.84 Å². The maximum Gasteiger partial charge on any atom is 0.125 e. The van der Waals surface area contributed by atoms with Crippen molar-refractivity contribution < 1.29 is 9.84 Å². The van der Waals surface area contributed by atoms with Gasteiger partial charge in [0.1, 0.15) is 11.4 Å². The van der Waals surface area contributed by atoms with Crippen LogP contribution >= 0.6 is 0 Å². The number of aromatic nitrogens is 3. The Labute approximate surface area is 147 Å². The van der Waals surface area contributed by atoms with E-state index >= 15 is 0 Å². The molecule has 0 radical (unpaired) electrons. The van der Waals surface area contributed by atoms with Crippen LogP contribution in [0.5, 0.6) is 5.75 Å². The first-order valence-corrected chi connectivity index (χ1v) is 8.36. The van der Waals surface area contributed by atoms with Gasteiger partial charge in [-0.2, -0.15) is 5.10 Å². The van der Waals surface area contributed by atoms with Gasteiger partial charge in [0.15, 0.2) is 0 Å². The van der Waals surface area contributed by atoms with E-state index in [0.717, 1.165) is 34.9 Å². The van der Waals surface area contributed by atoms with Crippen LogP contribution in [0.25, 0.3) is 22.0 Å². The molecule has 0 amide bonds. The Hall–Kier alpha value is -2.53. The number of hydrogen-bond acceptors (Lipinski definition) is 5. The third-order valence-corrected chi connectivity index (χ3v) is 4.58. The number of hydrogen-bond donors (Lipinski definition) is 1. The Kier molecular flexibility index (Phi) is 4.68. The zero-order chi connectivity index (χ0) is 18.0. The van der Waals surface area contributed by atoms with E-state index in [1.54, 1.807) is 19.4 Å². The van der Waals surface area contributed by atoms with Gasteiger partial charge in [-0.1, -0.05) is 6.07 Å². The third kappa shape index (κ3) is 3.61. The fraction of sp³-hybridized carbons (Fsp3) is 0.350. The monoisotopic (exact) mass is 337 g/mol. The summed E-state index contributed by atoms with van der Waals surface area (Å²) in [5, 5.41) is 21.1. The Bertz CT molecular complexity index is 907. The molecule has 3 aromatic rings. The molecule has 0 saturated carbocycles. The van der Waals surface area contributed by atoms with Crippen LogP contribution in [-0.2, 0) is 11.2 Å². The first-order chi connectivity index (χ1) is 11.9. The zero-order valence-corrected chi connectivity index (χ0v) is 15.1. The number of phenols is 1. The lowest BCUT2D eigenvalue weighted by molar-refractivity contribution is 0.0156. The summed E-state index contributed by atoms with van der Waals surface area (Å²) >= 11 is 0. The predicted octanol–water partition coefficient (Wildman–Crippen LogP) is 4.06. The summed E-state index contributed by atoms with van der Waals surface area (Å²) in [5.74, 6) is 0.209. The number of phenolic OH excluding ortho intramolecular Hbond substituents is 1. The van der Waals surface area contributed by atoms with E-state index in [4.69, 9.17) is 4.74 Å². The van der Waals surface area contributed by atoms with Crippen molar-refractivity contribution in [2.45, 2.75) is 39.2 Å². The first kappa shape index (κ1) is 17.3. The molecule has 2 aromatic heterocycles. The van der Waals surface area contributed by atoms with Crippen LogP contribution in [0.2, 0.25) is 0 Å². The summed E-state index contributed by atoms with van der Waals surface area (Å²) in [6.45, 7) is 6.05. The van der Waals surface area contributed by atoms with Gasteiger partial charge in [0.2, 0.25) is 0 Å². The van der Waals surface area contributed by atoms with E-state index in [-0.39, 0.29) is 11.4 Å². The molecule has 2 heterocycles. The van der Waals surface area contributed by atoms with Crippen molar-refractivity contribution in [1.29, 1.82) is 0 Å². The zero-order valence-electron chi connectivity index (χ0n) is 15.1. The summed E-state index contributed by atoms with van der Waals surface area (Å²) in [4.78, 5) is 4.25. The number of fused-ring (bicyclic) bond motifs is 1. The van der Waals surface area contributed by atoms with Crippen LogP contribution in [-0.4, -0.2) is 33.0 Å². The highest BCUT2D eigenvalue weighted by Crippen LogP contribution is 2.34. The van der Waals surface area contributed by atoms with E-state index in [0.29, 0.717) is 11.3 Å². The molecule has 1 aromatic carbocycles. The molecular weight excluding hydrogens is 314 g/mol. The second kappa shape index (κ2) is 6.76. The maximum atomic E-state index is 10.3. The lowest BCUT2D eigenvalue weighted by Gasteiger charge is -2.22. The normalized spacial score (nSPS) is 11.8. The largest absolute Gasteiger partial charge is 0.507 e. The van der Waals surface area contributed by atoms with Gasteiger partial charge in [-0.05, 0) is 57.4 Å². The van der Waals surface area contributed by atoms with E-state index in [9.17, 15) is 5.11 Å². The maximum absolute atomic E-state index is 10.3. The van der Waals surface area contributed by atoms with E-state index in [1.807, 2.05) is 31.3 Å². The SMILES string of the molecule is COC(C)(C)CCc1nnc(-c2ccc(C)cc2O)c2ccncc12. The van der Waals surface area contributed by atoms with Gasteiger partial charge in [0, 0.05) is 35.8 Å². The molecule has 0 atom stereocenters. The second-order valence-electron chi connectivity index (χ2n) is 6.90. The minimum Gasteiger partial charge on any atom is -0.507 e. The molecule has 0 unspecified atom stereocenters. The van der Waals surface area contributed by atoms with E-state index < -0.39 is 0 Å². The molecule has 0 aliphatic rings. The number of methoxy groups -OCH3 is 1. The van der Waals surface area contributed by atoms with Crippen LogP contribution in [0, 0.1) is 6.92 Å². The molecule has 0 spiro atoms. The first-order valence-electron chi connectivity index (χ1n) is 8.36. The summed E-state index contributed by atoms with van der Waals surface area (Å²) in [6, 6.07) is 7.49. The van der Waals surface area contributed by atoms with Crippen molar-refractivity contribution in [3.8, 4) is 17.0 Å². The molecule has 0 aliphatic heterocycles. The average molecular weight is 337 g/mol. The van der Waals surface area contributed by atoms with Crippen molar-refractivity contribution in [1.82, 2.24) is 15.2 Å². The van der Waals surface area contributed by atoms with E-state index in [2.05, 4.69) is 29.0 Å². The van der Waals surface area contributed by atoms with Gasteiger partial charge in [-0.15, -0.1) is 5.10 Å². The fourth-order valence-electron chi connectivity index (χ4n) is 2.80. The van der Waals surface area contributed by atoms with Crippen LogP contribution in [0.4, 0.5) is 0 Å². The molecule has 5 heteroatoms. The molecule has 3 rings (SSSR count). The predicted molar refractivity (Wildman–Crippen MR) is 98.6 cm³/mol. The lowest BCUT2D eigenvalue weighted by atomic mass is 9.98.